The van der Waals surface area contributed by atoms with E-state index in [0.717, 1.165) is 67.2 Å². The number of rotatable bonds is 7. The molecule has 7 unspecified atom stereocenters. The maximum Gasteiger partial charge on any atom is 0.219 e. The van der Waals surface area contributed by atoms with E-state index in [1.807, 2.05) is 6.92 Å². The van der Waals surface area contributed by atoms with Gasteiger partial charge in [-0.15, -0.1) is 20.4 Å². The summed E-state index contributed by atoms with van der Waals surface area (Å²) in [6.07, 6.45) is 16.0. The van der Waals surface area contributed by atoms with Gasteiger partial charge in [-0.2, -0.15) is 0 Å². The molecule has 216 valence electrons. The number of hydrogen-bond acceptors (Lipinski definition) is 7. The van der Waals surface area contributed by atoms with Gasteiger partial charge in [-0.05, 0) is 106 Å². The third-order valence-corrected chi connectivity index (χ3v) is 11.1. The molecule has 4 fully saturated rings. The molecule has 39 heavy (non-hydrogen) atoms. The molecule has 0 aromatic carbocycles. The number of fused-ring (bicyclic) bond motifs is 1. The average Bonchev–Trinajstić information content (AvgIpc) is 3.62. The van der Waals surface area contributed by atoms with Crippen LogP contribution in [0.1, 0.15) is 146 Å². The van der Waals surface area contributed by atoms with Gasteiger partial charge in [0.2, 0.25) is 23.6 Å². The van der Waals surface area contributed by atoms with E-state index in [-0.39, 0.29) is 17.9 Å². The Labute approximate surface area is 234 Å². The first-order valence-electron chi connectivity index (χ1n) is 16.2. The minimum absolute atomic E-state index is 0.150. The van der Waals surface area contributed by atoms with Crippen molar-refractivity contribution in [3.05, 3.63) is 23.6 Å². The van der Waals surface area contributed by atoms with Gasteiger partial charge >= 0.3 is 0 Å². The molecule has 7 nitrogen and oxygen atoms in total. The highest BCUT2D eigenvalue weighted by atomic mass is 16.5. The van der Waals surface area contributed by atoms with Gasteiger partial charge in [0.05, 0.1) is 6.10 Å². The molecule has 0 amide bonds. The summed E-state index contributed by atoms with van der Waals surface area (Å²) in [6.45, 7) is 9.92. The van der Waals surface area contributed by atoms with Crippen molar-refractivity contribution in [1.82, 2.24) is 20.4 Å². The summed E-state index contributed by atoms with van der Waals surface area (Å²) in [7, 11) is 0. The van der Waals surface area contributed by atoms with E-state index in [2.05, 4.69) is 41.2 Å². The van der Waals surface area contributed by atoms with Crippen LogP contribution >= 0.6 is 0 Å². The van der Waals surface area contributed by atoms with Crippen molar-refractivity contribution in [3.63, 3.8) is 0 Å². The van der Waals surface area contributed by atoms with Gasteiger partial charge in [-0.3, -0.25) is 0 Å². The summed E-state index contributed by atoms with van der Waals surface area (Å²) >= 11 is 0. The molecule has 6 rings (SSSR count). The fourth-order valence-electron chi connectivity index (χ4n) is 8.71. The second-order valence-electron chi connectivity index (χ2n) is 14.0. The van der Waals surface area contributed by atoms with Crippen molar-refractivity contribution < 1.29 is 13.6 Å². The van der Waals surface area contributed by atoms with E-state index in [1.54, 1.807) is 0 Å². The van der Waals surface area contributed by atoms with Gasteiger partial charge in [-0.1, -0.05) is 33.6 Å². The summed E-state index contributed by atoms with van der Waals surface area (Å²) in [4.78, 5) is 0. The molecular weight excluding hydrogens is 488 g/mol. The number of ether oxygens (including phenoxy) is 1. The minimum atomic E-state index is 0.150. The zero-order valence-corrected chi connectivity index (χ0v) is 24.7. The van der Waals surface area contributed by atoms with E-state index < -0.39 is 0 Å². The first-order valence-corrected chi connectivity index (χ1v) is 16.2. The van der Waals surface area contributed by atoms with Crippen molar-refractivity contribution in [2.24, 2.45) is 35.5 Å². The molecule has 0 aliphatic heterocycles. The molecule has 4 aliphatic rings. The predicted octanol–water partition coefficient (Wildman–Crippen LogP) is 7.98. The predicted molar refractivity (Wildman–Crippen MR) is 149 cm³/mol. The quantitative estimate of drug-likeness (QED) is 0.353. The van der Waals surface area contributed by atoms with Crippen LogP contribution in [0.2, 0.25) is 0 Å². The molecular formula is C32H50N4O3. The fraction of sp³-hybridized carbons (Fsp3) is 0.875. The molecule has 7 atom stereocenters. The van der Waals surface area contributed by atoms with E-state index >= 15 is 0 Å². The Balaban J connectivity index is 1.14. The molecule has 7 heteroatoms. The lowest BCUT2D eigenvalue weighted by atomic mass is 9.61. The lowest BCUT2D eigenvalue weighted by Crippen LogP contribution is -2.34. The van der Waals surface area contributed by atoms with E-state index in [0.29, 0.717) is 23.6 Å². The molecule has 0 bridgehead atoms. The molecule has 2 aromatic rings. The van der Waals surface area contributed by atoms with Crippen LogP contribution in [-0.2, 0) is 4.74 Å². The Bertz CT molecular complexity index is 1060. The number of hydrogen-bond donors (Lipinski definition) is 0. The van der Waals surface area contributed by atoms with Crippen LogP contribution in [0.25, 0.3) is 0 Å². The molecule has 0 radical (unpaired) electrons. The lowest BCUT2D eigenvalue weighted by Gasteiger charge is -2.43. The summed E-state index contributed by atoms with van der Waals surface area (Å²) in [5, 5.41) is 17.9. The largest absolute Gasteiger partial charge is 0.425 e. The van der Waals surface area contributed by atoms with Crippen LogP contribution in [0, 0.1) is 42.4 Å². The summed E-state index contributed by atoms with van der Waals surface area (Å²) < 4.78 is 19.1. The standard InChI is InChI=1S/C32H50N4O3/c1-19(2)23-12-10-22(11-13-23)18-37-26-16-24(30-34-33-21(4)38-30)15-25(17-26)31-35-36-32(39-31)29-14-9-20(3)27-7-5-6-8-28(27)29/h19-20,22-29H,5-18H2,1-4H3. The van der Waals surface area contributed by atoms with Crippen molar-refractivity contribution >= 4 is 0 Å². The third kappa shape index (κ3) is 6.13. The van der Waals surface area contributed by atoms with E-state index in [1.165, 1.54) is 64.2 Å². The Hall–Kier alpha value is -1.76. The van der Waals surface area contributed by atoms with Crippen molar-refractivity contribution in [2.45, 2.75) is 135 Å². The first kappa shape index (κ1) is 27.4. The lowest BCUT2D eigenvalue weighted by molar-refractivity contribution is -0.0161. The maximum absolute atomic E-state index is 6.65. The van der Waals surface area contributed by atoms with E-state index in [4.69, 9.17) is 13.6 Å². The second kappa shape index (κ2) is 12.0. The van der Waals surface area contributed by atoms with Gasteiger partial charge in [0.1, 0.15) is 0 Å². The monoisotopic (exact) mass is 538 g/mol. The van der Waals surface area contributed by atoms with Crippen LogP contribution in [0.5, 0.6) is 0 Å². The Morgan fingerprint density at radius 3 is 2.10 bits per heavy atom. The second-order valence-corrected chi connectivity index (χ2v) is 14.0. The molecule has 0 saturated heterocycles. The van der Waals surface area contributed by atoms with Crippen molar-refractivity contribution in [2.75, 3.05) is 6.61 Å². The molecule has 0 spiro atoms. The van der Waals surface area contributed by atoms with Crippen LogP contribution in [-0.4, -0.2) is 33.1 Å². The van der Waals surface area contributed by atoms with Crippen molar-refractivity contribution in [1.29, 1.82) is 0 Å². The summed E-state index contributed by atoms with van der Waals surface area (Å²) in [5.74, 6) is 8.52. The SMILES string of the molecule is Cc1nnc(C2CC(OCC3CCC(C(C)C)CC3)CC(c3nnc(C4CCC(C)C5CCCCC45)o3)C2)o1. The van der Waals surface area contributed by atoms with Gasteiger partial charge in [0, 0.05) is 31.3 Å². The first-order chi connectivity index (χ1) is 18.9. The molecule has 2 aromatic heterocycles. The van der Waals surface area contributed by atoms with Crippen LogP contribution in [0.3, 0.4) is 0 Å². The van der Waals surface area contributed by atoms with Crippen molar-refractivity contribution in [3.8, 4) is 0 Å². The normalized spacial score (nSPS) is 37.6. The topological polar surface area (TPSA) is 87.1 Å². The molecule has 4 saturated carbocycles. The van der Waals surface area contributed by atoms with Crippen LogP contribution in [0.15, 0.2) is 8.83 Å². The summed E-state index contributed by atoms with van der Waals surface area (Å²) in [5.41, 5.74) is 0. The number of nitrogens with zero attached hydrogens (tertiary/aromatic N) is 4. The Kier molecular flexibility index (Phi) is 8.43. The Morgan fingerprint density at radius 2 is 1.41 bits per heavy atom. The van der Waals surface area contributed by atoms with Gasteiger partial charge in [-0.25, -0.2) is 0 Å². The average molecular weight is 539 g/mol. The highest BCUT2D eigenvalue weighted by Gasteiger charge is 2.43. The number of aromatic nitrogens is 4. The third-order valence-electron chi connectivity index (χ3n) is 11.1. The smallest absolute Gasteiger partial charge is 0.219 e. The van der Waals surface area contributed by atoms with Gasteiger partial charge in [0.25, 0.3) is 0 Å². The fourth-order valence-corrected chi connectivity index (χ4v) is 8.71. The zero-order chi connectivity index (χ0) is 26.9. The summed E-state index contributed by atoms with van der Waals surface area (Å²) in [6, 6.07) is 0. The van der Waals surface area contributed by atoms with Crippen LogP contribution in [0.4, 0.5) is 0 Å². The molecule has 2 heterocycles. The van der Waals surface area contributed by atoms with Gasteiger partial charge < -0.3 is 13.6 Å². The highest BCUT2D eigenvalue weighted by molar-refractivity contribution is 5.07. The minimum Gasteiger partial charge on any atom is -0.425 e. The van der Waals surface area contributed by atoms with Gasteiger partial charge in [0.15, 0.2) is 0 Å². The Morgan fingerprint density at radius 1 is 0.744 bits per heavy atom. The molecule has 4 aliphatic carbocycles. The zero-order valence-electron chi connectivity index (χ0n) is 24.7. The molecule has 0 N–H and O–H groups in total. The van der Waals surface area contributed by atoms with Crippen LogP contribution < -0.4 is 0 Å². The highest BCUT2D eigenvalue weighted by Crippen LogP contribution is 2.51. The number of aryl methyl sites for hydroxylation is 1. The maximum atomic E-state index is 6.65. The van der Waals surface area contributed by atoms with E-state index in [9.17, 15) is 0 Å².